The Morgan fingerprint density at radius 3 is 2.54 bits per heavy atom. The number of carbonyl (C=O) groups is 2. The first-order valence-corrected chi connectivity index (χ1v) is 12.9. The van der Waals surface area contributed by atoms with E-state index < -0.39 is 5.97 Å². The third-order valence-electron chi connectivity index (χ3n) is 6.53. The normalized spacial score (nSPS) is 15.2. The van der Waals surface area contributed by atoms with Crippen LogP contribution in [-0.2, 0) is 22.5 Å². The van der Waals surface area contributed by atoms with E-state index in [-0.39, 0.29) is 16.7 Å². The third-order valence-corrected chi connectivity index (χ3v) is 7.61. The average molecular weight is 494 g/mol. The molecule has 184 valence electrons. The maximum absolute atomic E-state index is 13.5. The van der Waals surface area contributed by atoms with Crippen molar-refractivity contribution in [1.82, 2.24) is 14.5 Å². The van der Waals surface area contributed by atoms with Gasteiger partial charge in [-0.3, -0.25) is 14.2 Å². The summed E-state index contributed by atoms with van der Waals surface area (Å²) in [6, 6.07) is 14.7. The largest absolute Gasteiger partial charge is 0.465 e. The number of esters is 1. The molecule has 8 heteroatoms. The maximum atomic E-state index is 13.5. The van der Waals surface area contributed by atoms with Crippen LogP contribution in [0.3, 0.4) is 0 Å². The smallest absolute Gasteiger partial charge is 0.337 e. The van der Waals surface area contributed by atoms with Crippen molar-refractivity contribution in [2.24, 2.45) is 5.92 Å². The van der Waals surface area contributed by atoms with Gasteiger partial charge in [0.1, 0.15) is 0 Å². The van der Waals surface area contributed by atoms with Crippen molar-refractivity contribution < 1.29 is 14.3 Å². The van der Waals surface area contributed by atoms with Crippen molar-refractivity contribution in [3.63, 3.8) is 0 Å². The fourth-order valence-corrected chi connectivity index (χ4v) is 5.33. The molecule has 1 saturated heterocycles. The minimum atomic E-state index is -0.487. The topological polar surface area (TPSA) is 81.5 Å². The Labute approximate surface area is 209 Å². The SMILES string of the molecule is COC(=O)c1ccc2c(=O)n(CCc3ccccc3)c(S[C@@H](C)C(=O)N3CCC(C)CC3)nc2c1. The number of hydrogen-bond acceptors (Lipinski definition) is 6. The molecule has 0 radical (unpaired) electrons. The lowest BCUT2D eigenvalue weighted by Crippen LogP contribution is -2.42. The van der Waals surface area contributed by atoms with Crippen LogP contribution in [0.25, 0.3) is 10.9 Å². The predicted molar refractivity (Wildman–Crippen MR) is 138 cm³/mol. The van der Waals surface area contributed by atoms with Crippen LogP contribution in [0.4, 0.5) is 0 Å². The van der Waals surface area contributed by atoms with Crippen LogP contribution in [0.1, 0.15) is 42.6 Å². The molecule has 1 aliphatic rings. The Morgan fingerprint density at radius 2 is 1.86 bits per heavy atom. The summed E-state index contributed by atoms with van der Waals surface area (Å²) in [6.45, 7) is 6.05. The summed E-state index contributed by atoms with van der Waals surface area (Å²) in [5, 5.41) is 0.519. The van der Waals surface area contributed by atoms with E-state index in [0.717, 1.165) is 31.5 Å². The Bertz CT molecular complexity index is 1270. The number of aryl methyl sites for hydroxylation is 1. The van der Waals surface area contributed by atoms with E-state index in [1.165, 1.54) is 18.9 Å². The van der Waals surface area contributed by atoms with Crippen LogP contribution in [-0.4, -0.2) is 51.8 Å². The lowest BCUT2D eigenvalue weighted by molar-refractivity contribution is -0.131. The van der Waals surface area contributed by atoms with Crippen LogP contribution >= 0.6 is 11.8 Å². The first-order chi connectivity index (χ1) is 16.9. The van der Waals surface area contributed by atoms with Gasteiger partial charge < -0.3 is 9.64 Å². The molecule has 3 aromatic rings. The molecular weight excluding hydrogens is 462 g/mol. The Morgan fingerprint density at radius 1 is 1.14 bits per heavy atom. The maximum Gasteiger partial charge on any atom is 0.337 e. The van der Waals surface area contributed by atoms with Crippen LogP contribution in [0.15, 0.2) is 58.5 Å². The molecule has 0 bridgehead atoms. The number of rotatable bonds is 7. The zero-order chi connectivity index (χ0) is 24.9. The Hall–Kier alpha value is -3.13. The van der Waals surface area contributed by atoms with Crippen LogP contribution in [0, 0.1) is 5.92 Å². The van der Waals surface area contributed by atoms with Gasteiger partial charge >= 0.3 is 5.97 Å². The first kappa shape index (κ1) is 25.0. The molecule has 1 aromatic heterocycles. The van der Waals surface area contributed by atoms with E-state index in [2.05, 4.69) is 6.92 Å². The zero-order valence-electron chi connectivity index (χ0n) is 20.4. The number of aromatic nitrogens is 2. The highest BCUT2D eigenvalue weighted by molar-refractivity contribution is 8.00. The number of benzene rings is 2. The van der Waals surface area contributed by atoms with Gasteiger partial charge in [0, 0.05) is 19.6 Å². The summed E-state index contributed by atoms with van der Waals surface area (Å²) in [5.74, 6) is 0.213. The van der Waals surface area contributed by atoms with Gasteiger partial charge in [-0.25, -0.2) is 9.78 Å². The van der Waals surface area contributed by atoms with Crippen molar-refractivity contribution in [2.45, 2.75) is 50.1 Å². The number of hydrogen-bond donors (Lipinski definition) is 0. The summed E-state index contributed by atoms with van der Waals surface area (Å²) < 4.78 is 6.47. The van der Waals surface area contributed by atoms with Crippen molar-refractivity contribution >= 4 is 34.5 Å². The molecule has 1 aliphatic heterocycles. The number of methoxy groups -OCH3 is 1. The molecule has 2 aromatic carbocycles. The van der Waals surface area contributed by atoms with Crippen LogP contribution in [0.2, 0.25) is 0 Å². The second kappa shape index (κ2) is 11.1. The number of piperidine rings is 1. The second-order valence-corrected chi connectivity index (χ2v) is 10.4. The second-order valence-electron chi connectivity index (χ2n) is 9.08. The highest BCUT2D eigenvalue weighted by atomic mass is 32.2. The summed E-state index contributed by atoms with van der Waals surface area (Å²) >= 11 is 1.30. The van der Waals surface area contributed by atoms with Gasteiger partial charge in [-0.05, 0) is 55.9 Å². The van der Waals surface area contributed by atoms with E-state index in [1.807, 2.05) is 42.2 Å². The quantitative estimate of drug-likeness (QED) is 0.279. The van der Waals surface area contributed by atoms with Gasteiger partial charge in [0.15, 0.2) is 5.16 Å². The lowest BCUT2D eigenvalue weighted by atomic mass is 9.99. The fraction of sp³-hybridized carbons (Fsp3) is 0.407. The van der Waals surface area contributed by atoms with Crippen LogP contribution < -0.4 is 5.56 Å². The molecule has 1 amide bonds. The molecular formula is C27H31N3O4S. The molecule has 2 heterocycles. The van der Waals surface area contributed by atoms with Gasteiger partial charge in [0.2, 0.25) is 5.91 Å². The molecule has 0 spiro atoms. The average Bonchev–Trinajstić information content (AvgIpc) is 2.88. The van der Waals surface area contributed by atoms with Gasteiger partial charge in [-0.1, -0.05) is 49.0 Å². The van der Waals surface area contributed by atoms with Crippen molar-refractivity contribution in [2.75, 3.05) is 20.2 Å². The van der Waals surface area contributed by atoms with E-state index in [9.17, 15) is 14.4 Å². The van der Waals surface area contributed by atoms with Crippen molar-refractivity contribution in [3.05, 3.63) is 70.0 Å². The number of likely N-dealkylation sites (tertiary alicyclic amines) is 1. The molecule has 0 N–H and O–H groups in total. The number of nitrogens with zero attached hydrogens (tertiary/aromatic N) is 3. The molecule has 1 atom stereocenters. The van der Waals surface area contributed by atoms with Crippen molar-refractivity contribution in [1.29, 1.82) is 0 Å². The number of ether oxygens (including phenoxy) is 1. The molecule has 4 rings (SSSR count). The van der Waals surface area contributed by atoms with E-state index in [4.69, 9.17) is 9.72 Å². The molecule has 35 heavy (non-hydrogen) atoms. The summed E-state index contributed by atoms with van der Waals surface area (Å²) in [6.07, 6.45) is 2.68. The molecule has 0 aliphatic carbocycles. The highest BCUT2D eigenvalue weighted by Crippen LogP contribution is 2.26. The zero-order valence-corrected chi connectivity index (χ0v) is 21.2. The minimum absolute atomic E-state index is 0.0640. The van der Waals surface area contributed by atoms with Gasteiger partial charge in [-0.15, -0.1) is 0 Å². The van der Waals surface area contributed by atoms with Gasteiger partial charge in [0.05, 0.1) is 28.8 Å². The Balaban J connectivity index is 1.67. The van der Waals surface area contributed by atoms with E-state index in [0.29, 0.717) is 40.5 Å². The summed E-state index contributed by atoms with van der Waals surface area (Å²) in [7, 11) is 1.32. The number of amides is 1. The fourth-order valence-electron chi connectivity index (χ4n) is 4.31. The molecule has 7 nitrogen and oxygen atoms in total. The molecule has 0 saturated carbocycles. The summed E-state index contributed by atoms with van der Waals surface area (Å²) in [5.41, 5.74) is 1.68. The minimum Gasteiger partial charge on any atom is -0.465 e. The first-order valence-electron chi connectivity index (χ1n) is 12.0. The van der Waals surface area contributed by atoms with E-state index >= 15 is 0 Å². The van der Waals surface area contributed by atoms with Gasteiger partial charge in [0.25, 0.3) is 5.56 Å². The highest BCUT2D eigenvalue weighted by Gasteiger charge is 2.27. The predicted octanol–water partition coefficient (Wildman–Crippen LogP) is 4.16. The standard InChI is InChI=1S/C27H31N3O4S/c1-18-11-14-29(15-12-18)24(31)19(2)35-27-28-23-17-21(26(33)34-3)9-10-22(23)25(32)30(27)16-13-20-7-5-4-6-8-20/h4-10,17-19H,11-16H2,1-3H3/t19-/m0/s1. The third kappa shape index (κ3) is 5.75. The summed E-state index contributed by atoms with van der Waals surface area (Å²) in [4.78, 5) is 45.4. The number of thioether (sulfide) groups is 1. The number of carbonyl (C=O) groups excluding carboxylic acids is 2. The van der Waals surface area contributed by atoms with Crippen LogP contribution in [0.5, 0.6) is 0 Å². The monoisotopic (exact) mass is 493 g/mol. The van der Waals surface area contributed by atoms with Crippen molar-refractivity contribution in [3.8, 4) is 0 Å². The Kier molecular flexibility index (Phi) is 7.90. The van der Waals surface area contributed by atoms with Gasteiger partial charge in [-0.2, -0.15) is 0 Å². The number of fused-ring (bicyclic) bond motifs is 1. The van der Waals surface area contributed by atoms with E-state index in [1.54, 1.807) is 22.8 Å². The molecule has 0 unspecified atom stereocenters. The molecule has 1 fully saturated rings. The lowest BCUT2D eigenvalue weighted by Gasteiger charge is -2.32.